The number of benzene rings is 1. The minimum Gasteiger partial charge on any atom is -0.405 e. The van der Waals surface area contributed by atoms with E-state index in [1.54, 1.807) is 31.3 Å². The van der Waals surface area contributed by atoms with Crippen molar-refractivity contribution < 1.29 is 4.79 Å². The lowest BCUT2D eigenvalue weighted by Crippen LogP contribution is -2.53. The number of hydrogen-bond acceptors (Lipinski definition) is 5. The highest BCUT2D eigenvalue weighted by atomic mass is 35.5. The van der Waals surface area contributed by atoms with Gasteiger partial charge in [-0.15, -0.1) is 0 Å². The van der Waals surface area contributed by atoms with Crippen molar-refractivity contribution in [3.8, 4) is 0 Å². The number of hydrogen-bond donors (Lipinski definition) is 1. The molecule has 1 fully saturated rings. The van der Waals surface area contributed by atoms with Crippen LogP contribution in [0, 0.1) is 12.8 Å². The fourth-order valence-electron chi connectivity index (χ4n) is 4.82. The molecule has 162 valence electrons. The summed E-state index contributed by atoms with van der Waals surface area (Å²) in [6.07, 6.45) is 5.81. The summed E-state index contributed by atoms with van der Waals surface area (Å²) in [5.74, 6) is 0.778. The summed E-state index contributed by atoms with van der Waals surface area (Å²) in [7, 11) is 1.72. The van der Waals surface area contributed by atoms with E-state index in [4.69, 9.17) is 38.9 Å². The van der Waals surface area contributed by atoms with E-state index >= 15 is 0 Å². The zero-order valence-corrected chi connectivity index (χ0v) is 19.3. The van der Waals surface area contributed by atoms with Crippen molar-refractivity contribution in [2.45, 2.75) is 45.2 Å². The standard InChI is InChI=1S/C23H25Cl2N5O/c1-12-7-8-14-11-16-20(18(27-3)9-10-26)28-13(2)29-21(16)22(12)30(14)23(31)15-5-4-6-17(24)19(15)25/h4-6,9-10,12,14,22H,7-8,11,26H2,1-3H3/t12-,14+,22-/m1/s1. The molecular weight excluding hydrogens is 433 g/mol. The van der Waals surface area contributed by atoms with E-state index in [1.165, 1.54) is 6.20 Å². The first-order valence-corrected chi connectivity index (χ1v) is 11.1. The van der Waals surface area contributed by atoms with Gasteiger partial charge in [-0.2, -0.15) is 0 Å². The van der Waals surface area contributed by atoms with E-state index in [0.29, 0.717) is 33.6 Å². The fourth-order valence-corrected chi connectivity index (χ4v) is 5.20. The molecule has 3 atom stereocenters. The second-order valence-electron chi connectivity index (χ2n) is 8.12. The third-order valence-corrected chi connectivity index (χ3v) is 7.03. The molecule has 1 saturated heterocycles. The first-order chi connectivity index (χ1) is 14.9. The number of halogens is 2. The number of allylic oxidation sites excluding steroid dienone is 1. The fraction of sp³-hybridized carbons (Fsp3) is 0.391. The number of nitrogens with two attached hydrogens (primary N) is 1. The van der Waals surface area contributed by atoms with Gasteiger partial charge in [0.1, 0.15) is 5.82 Å². The lowest BCUT2D eigenvalue weighted by Gasteiger charge is -2.49. The van der Waals surface area contributed by atoms with E-state index in [9.17, 15) is 4.79 Å². The van der Waals surface area contributed by atoms with E-state index in [2.05, 4.69) is 11.9 Å². The Morgan fingerprint density at radius 3 is 2.77 bits per heavy atom. The van der Waals surface area contributed by atoms with Gasteiger partial charge in [0, 0.05) is 18.7 Å². The molecule has 1 aromatic carbocycles. The molecule has 8 heteroatoms. The monoisotopic (exact) mass is 457 g/mol. The van der Waals surface area contributed by atoms with Crippen LogP contribution in [0.4, 0.5) is 0 Å². The molecule has 1 amide bonds. The van der Waals surface area contributed by atoms with Crippen LogP contribution in [0.5, 0.6) is 0 Å². The predicted octanol–water partition coefficient (Wildman–Crippen LogP) is 4.52. The Morgan fingerprint density at radius 1 is 1.29 bits per heavy atom. The summed E-state index contributed by atoms with van der Waals surface area (Å²) < 4.78 is 0. The number of carbonyl (C=O) groups is 1. The minimum atomic E-state index is -0.162. The second kappa shape index (κ2) is 8.60. The molecule has 2 aliphatic heterocycles. The minimum absolute atomic E-state index is 0.0290. The van der Waals surface area contributed by atoms with Crippen molar-refractivity contribution >= 4 is 34.8 Å². The number of carbonyl (C=O) groups excluding carboxylic acids is 1. The molecule has 3 heterocycles. The van der Waals surface area contributed by atoms with Gasteiger partial charge < -0.3 is 10.6 Å². The van der Waals surface area contributed by atoms with Gasteiger partial charge in [-0.05, 0) is 56.5 Å². The number of aromatic nitrogens is 2. The zero-order chi connectivity index (χ0) is 22.3. The highest BCUT2D eigenvalue weighted by molar-refractivity contribution is 6.43. The summed E-state index contributed by atoms with van der Waals surface area (Å²) in [6, 6.07) is 5.05. The van der Waals surface area contributed by atoms with E-state index in [1.807, 2.05) is 11.8 Å². The summed E-state index contributed by atoms with van der Waals surface area (Å²) in [5.41, 5.74) is 9.52. The molecule has 0 spiro atoms. The van der Waals surface area contributed by atoms with Crippen molar-refractivity contribution in [2.75, 3.05) is 7.05 Å². The quantitative estimate of drug-likeness (QED) is 0.686. The summed E-state index contributed by atoms with van der Waals surface area (Å²) >= 11 is 12.6. The molecule has 0 unspecified atom stereocenters. The number of fused-ring (bicyclic) bond motifs is 4. The smallest absolute Gasteiger partial charge is 0.256 e. The third kappa shape index (κ3) is 3.72. The highest BCUT2D eigenvalue weighted by Crippen LogP contribution is 2.46. The maximum Gasteiger partial charge on any atom is 0.256 e. The van der Waals surface area contributed by atoms with Crippen molar-refractivity contribution in [1.82, 2.24) is 14.9 Å². The second-order valence-corrected chi connectivity index (χ2v) is 8.91. The van der Waals surface area contributed by atoms with Crippen LogP contribution < -0.4 is 5.73 Å². The summed E-state index contributed by atoms with van der Waals surface area (Å²) in [5, 5.41) is 0.666. The normalized spacial score (nSPS) is 23.2. The SMILES string of the molecule is CN=C(C=CN)c1nc(C)nc2c1C[C@@H]1CC[C@@H](C)[C@H]2N1C(=O)c1cccc(Cl)c1Cl. The first kappa shape index (κ1) is 21.8. The van der Waals surface area contributed by atoms with Crippen LogP contribution in [0.2, 0.25) is 10.0 Å². The van der Waals surface area contributed by atoms with Crippen LogP contribution in [0.15, 0.2) is 35.5 Å². The average Bonchev–Trinajstić information content (AvgIpc) is 2.75. The zero-order valence-electron chi connectivity index (χ0n) is 17.8. The Hall–Kier alpha value is -2.44. The Balaban J connectivity index is 1.87. The summed E-state index contributed by atoms with van der Waals surface area (Å²) in [4.78, 5) is 29.5. The molecule has 0 saturated carbocycles. The molecule has 4 rings (SSSR count). The Bertz CT molecular complexity index is 1100. The van der Waals surface area contributed by atoms with Crippen LogP contribution in [0.3, 0.4) is 0 Å². The molecule has 0 radical (unpaired) electrons. The molecule has 2 aromatic rings. The van der Waals surface area contributed by atoms with Crippen LogP contribution in [-0.4, -0.2) is 39.6 Å². The molecule has 2 bridgehead atoms. The van der Waals surface area contributed by atoms with Crippen LogP contribution in [-0.2, 0) is 6.42 Å². The lowest BCUT2D eigenvalue weighted by molar-refractivity contribution is 0.0225. The number of aliphatic imine (C=N–C) groups is 1. The van der Waals surface area contributed by atoms with Crippen molar-refractivity contribution in [3.05, 3.63) is 68.9 Å². The Kier molecular flexibility index (Phi) is 6.04. The van der Waals surface area contributed by atoms with Crippen LogP contribution in [0.25, 0.3) is 0 Å². The molecule has 2 aliphatic rings. The highest BCUT2D eigenvalue weighted by Gasteiger charge is 2.46. The van der Waals surface area contributed by atoms with Gasteiger partial charge in [-0.25, -0.2) is 9.97 Å². The third-order valence-electron chi connectivity index (χ3n) is 6.21. The van der Waals surface area contributed by atoms with Crippen LogP contribution >= 0.6 is 23.2 Å². The first-order valence-electron chi connectivity index (χ1n) is 10.4. The van der Waals surface area contributed by atoms with Gasteiger partial charge in [0.05, 0.1) is 38.8 Å². The van der Waals surface area contributed by atoms with Crippen molar-refractivity contribution in [2.24, 2.45) is 16.6 Å². The topological polar surface area (TPSA) is 84.5 Å². The number of amides is 1. The van der Waals surface area contributed by atoms with Crippen molar-refractivity contribution in [1.29, 1.82) is 0 Å². The van der Waals surface area contributed by atoms with E-state index in [-0.39, 0.29) is 23.9 Å². The molecule has 31 heavy (non-hydrogen) atoms. The number of aryl methyl sites for hydroxylation is 1. The van der Waals surface area contributed by atoms with E-state index < -0.39 is 0 Å². The molecule has 6 nitrogen and oxygen atoms in total. The maximum atomic E-state index is 13.7. The predicted molar refractivity (Wildman–Crippen MR) is 124 cm³/mol. The number of piperidine rings is 1. The molecule has 2 N–H and O–H groups in total. The lowest BCUT2D eigenvalue weighted by atomic mass is 9.76. The number of nitrogens with zero attached hydrogens (tertiary/aromatic N) is 4. The Labute approximate surface area is 192 Å². The van der Waals surface area contributed by atoms with Gasteiger partial charge in [0.25, 0.3) is 5.91 Å². The van der Waals surface area contributed by atoms with E-state index in [0.717, 1.165) is 29.8 Å². The Morgan fingerprint density at radius 2 is 2.06 bits per heavy atom. The maximum absolute atomic E-state index is 13.7. The number of rotatable bonds is 3. The molecular formula is C23H25Cl2N5O. The van der Waals surface area contributed by atoms with Gasteiger partial charge in [0.15, 0.2) is 0 Å². The summed E-state index contributed by atoms with van der Waals surface area (Å²) in [6.45, 7) is 4.03. The van der Waals surface area contributed by atoms with Crippen molar-refractivity contribution in [3.63, 3.8) is 0 Å². The van der Waals surface area contributed by atoms with Gasteiger partial charge in [0.2, 0.25) is 0 Å². The van der Waals surface area contributed by atoms with Gasteiger partial charge >= 0.3 is 0 Å². The molecule has 1 aromatic heterocycles. The average molecular weight is 458 g/mol. The molecule has 0 aliphatic carbocycles. The largest absolute Gasteiger partial charge is 0.405 e. The van der Waals surface area contributed by atoms with Crippen LogP contribution in [0.1, 0.15) is 58.9 Å². The van der Waals surface area contributed by atoms with Gasteiger partial charge in [-0.1, -0.05) is 36.2 Å². The van der Waals surface area contributed by atoms with Gasteiger partial charge in [-0.3, -0.25) is 9.79 Å².